The second kappa shape index (κ2) is 12.3. The lowest BCUT2D eigenvalue weighted by Gasteiger charge is -2.28. The standard InChI is InChI=1S/C18H34N4O7/c1-6-9(4)13(17(27)22-14(10(5)24)18(28)29)21-15(25)11(7-23)20-16(26)12(19)8(2)3/h8-14,23-24H,6-7,19H2,1-5H3,(H,20,26)(H,21,25)(H,22,27)(H,28,29). The highest BCUT2D eigenvalue weighted by Crippen LogP contribution is 2.10. The van der Waals surface area contributed by atoms with Gasteiger partial charge >= 0.3 is 5.97 Å². The van der Waals surface area contributed by atoms with Crippen molar-refractivity contribution in [2.24, 2.45) is 17.6 Å². The van der Waals surface area contributed by atoms with E-state index in [0.29, 0.717) is 6.42 Å². The van der Waals surface area contributed by atoms with Crippen molar-refractivity contribution < 1.29 is 34.5 Å². The van der Waals surface area contributed by atoms with Crippen molar-refractivity contribution in [2.75, 3.05) is 6.61 Å². The number of nitrogens with one attached hydrogen (secondary N) is 3. The molecule has 0 aliphatic carbocycles. The lowest BCUT2D eigenvalue weighted by Crippen LogP contribution is -2.60. The predicted octanol–water partition coefficient (Wildman–Crippen LogP) is -2.07. The zero-order chi connectivity index (χ0) is 22.9. The third-order valence-electron chi connectivity index (χ3n) is 4.68. The first kappa shape index (κ1) is 26.8. The lowest BCUT2D eigenvalue weighted by molar-refractivity contribution is -0.145. The Morgan fingerprint density at radius 1 is 0.897 bits per heavy atom. The first-order valence-electron chi connectivity index (χ1n) is 9.55. The quantitative estimate of drug-likeness (QED) is 0.188. The normalized spacial score (nSPS) is 17.4. The molecule has 0 aromatic carbocycles. The largest absolute Gasteiger partial charge is 0.480 e. The van der Waals surface area contributed by atoms with E-state index in [-0.39, 0.29) is 5.92 Å². The van der Waals surface area contributed by atoms with E-state index in [2.05, 4.69) is 16.0 Å². The molecule has 0 aromatic heterocycles. The van der Waals surface area contributed by atoms with Crippen LogP contribution in [0.4, 0.5) is 0 Å². The van der Waals surface area contributed by atoms with Crippen molar-refractivity contribution in [3.8, 4) is 0 Å². The van der Waals surface area contributed by atoms with E-state index in [4.69, 9.17) is 10.8 Å². The Hall–Kier alpha value is -2.24. The van der Waals surface area contributed by atoms with Gasteiger partial charge in [-0.25, -0.2) is 4.79 Å². The first-order chi connectivity index (χ1) is 13.4. The van der Waals surface area contributed by atoms with Gasteiger partial charge in [-0.2, -0.15) is 0 Å². The molecule has 0 saturated carbocycles. The number of hydrogen-bond acceptors (Lipinski definition) is 7. The highest BCUT2D eigenvalue weighted by molar-refractivity contribution is 5.94. The minimum atomic E-state index is -1.55. The van der Waals surface area contributed by atoms with Crippen LogP contribution in [0.5, 0.6) is 0 Å². The van der Waals surface area contributed by atoms with E-state index >= 15 is 0 Å². The van der Waals surface area contributed by atoms with Crippen molar-refractivity contribution in [1.82, 2.24) is 16.0 Å². The van der Waals surface area contributed by atoms with E-state index in [9.17, 15) is 29.4 Å². The molecule has 8 N–H and O–H groups in total. The van der Waals surface area contributed by atoms with Crippen molar-refractivity contribution in [1.29, 1.82) is 0 Å². The van der Waals surface area contributed by atoms with Gasteiger partial charge in [-0.15, -0.1) is 0 Å². The fraction of sp³-hybridized carbons (Fsp3) is 0.778. The Labute approximate surface area is 170 Å². The van der Waals surface area contributed by atoms with Gasteiger partial charge in [-0.1, -0.05) is 34.1 Å². The van der Waals surface area contributed by atoms with Crippen LogP contribution in [0.25, 0.3) is 0 Å². The molecule has 0 rings (SSSR count). The summed E-state index contributed by atoms with van der Waals surface area (Å²) in [5, 5.41) is 35.1. The summed E-state index contributed by atoms with van der Waals surface area (Å²) in [5.74, 6) is -4.26. The summed E-state index contributed by atoms with van der Waals surface area (Å²) in [4.78, 5) is 48.3. The molecular formula is C18H34N4O7. The van der Waals surface area contributed by atoms with Crippen LogP contribution in [-0.4, -0.2) is 75.9 Å². The van der Waals surface area contributed by atoms with Crippen LogP contribution in [0.3, 0.4) is 0 Å². The van der Waals surface area contributed by atoms with E-state index in [1.807, 2.05) is 0 Å². The van der Waals surface area contributed by atoms with Crippen molar-refractivity contribution in [3.63, 3.8) is 0 Å². The summed E-state index contributed by atoms with van der Waals surface area (Å²) >= 11 is 0. The number of amides is 3. The molecule has 11 heteroatoms. The molecule has 168 valence electrons. The van der Waals surface area contributed by atoms with Gasteiger partial charge in [-0.3, -0.25) is 14.4 Å². The van der Waals surface area contributed by atoms with Crippen LogP contribution in [0.2, 0.25) is 0 Å². The average molecular weight is 418 g/mol. The number of carboxylic acid groups (broad SMARTS) is 1. The highest BCUT2D eigenvalue weighted by atomic mass is 16.4. The minimum absolute atomic E-state index is 0.190. The fourth-order valence-corrected chi connectivity index (χ4v) is 2.35. The van der Waals surface area contributed by atoms with Gasteiger partial charge in [0.05, 0.1) is 18.8 Å². The third kappa shape index (κ3) is 8.34. The molecule has 11 nitrogen and oxygen atoms in total. The number of aliphatic hydroxyl groups is 2. The maximum Gasteiger partial charge on any atom is 0.328 e. The van der Waals surface area contributed by atoms with Crippen molar-refractivity contribution >= 4 is 23.7 Å². The molecule has 6 atom stereocenters. The molecule has 3 amide bonds. The average Bonchev–Trinajstić information content (AvgIpc) is 2.65. The summed E-state index contributed by atoms with van der Waals surface area (Å²) in [7, 11) is 0. The van der Waals surface area contributed by atoms with E-state index in [0.717, 1.165) is 0 Å². The number of carbonyl (C=O) groups is 4. The molecule has 0 radical (unpaired) electrons. The Morgan fingerprint density at radius 3 is 1.79 bits per heavy atom. The van der Waals surface area contributed by atoms with Crippen LogP contribution >= 0.6 is 0 Å². The molecule has 0 aromatic rings. The van der Waals surface area contributed by atoms with Gasteiger partial charge in [0, 0.05) is 0 Å². The number of carbonyl (C=O) groups excluding carboxylic acids is 3. The van der Waals surface area contributed by atoms with E-state index in [1.165, 1.54) is 6.92 Å². The monoisotopic (exact) mass is 418 g/mol. The topological polar surface area (TPSA) is 191 Å². The molecule has 29 heavy (non-hydrogen) atoms. The number of nitrogens with two attached hydrogens (primary N) is 1. The zero-order valence-corrected chi connectivity index (χ0v) is 17.5. The molecule has 0 spiro atoms. The number of aliphatic carboxylic acids is 1. The summed E-state index contributed by atoms with van der Waals surface area (Å²) < 4.78 is 0. The minimum Gasteiger partial charge on any atom is -0.480 e. The number of aliphatic hydroxyl groups excluding tert-OH is 2. The van der Waals surface area contributed by atoms with Crippen LogP contribution < -0.4 is 21.7 Å². The van der Waals surface area contributed by atoms with Crippen LogP contribution in [0.15, 0.2) is 0 Å². The van der Waals surface area contributed by atoms with E-state index < -0.39 is 66.5 Å². The molecule has 0 bridgehead atoms. The fourth-order valence-electron chi connectivity index (χ4n) is 2.35. The Balaban J connectivity index is 5.34. The van der Waals surface area contributed by atoms with Gasteiger partial charge in [0.2, 0.25) is 17.7 Å². The molecule has 6 unspecified atom stereocenters. The number of carboxylic acids is 1. The first-order valence-corrected chi connectivity index (χ1v) is 9.55. The van der Waals surface area contributed by atoms with Gasteiger partial charge < -0.3 is 37.0 Å². The van der Waals surface area contributed by atoms with E-state index in [1.54, 1.807) is 27.7 Å². The van der Waals surface area contributed by atoms with Gasteiger partial charge in [0.1, 0.15) is 12.1 Å². The Morgan fingerprint density at radius 2 is 1.41 bits per heavy atom. The SMILES string of the molecule is CCC(C)C(NC(=O)C(CO)NC(=O)C(N)C(C)C)C(=O)NC(C(=O)O)C(C)O. The molecule has 0 fully saturated rings. The molecule has 0 heterocycles. The van der Waals surface area contributed by atoms with Gasteiger partial charge in [0.15, 0.2) is 6.04 Å². The third-order valence-corrected chi connectivity index (χ3v) is 4.68. The Bertz CT molecular complexity index is 583. The van der Waals surface area contributed by atoms with Crippen LogP contribution in [0.1, 0.15) is 41.0 Å². The summed E-state index contributed by atoms with van der Waals surface area (Å²) in [6.07, 6.45) is -0.883. The number of rotatable bonds is 12. The van der Waals surface area contributed by atoms with Crippen molar-refractivity contribution in [3.05, 3.63) is 0 Å². The second-order valence-corrected chi connectivity index (χ2v) is 7.45. The highest BCUT2D eigenvalue weighted by Gasteiger charge is 2.34. The maximum atomic E-state index is 12.6. The molecule has 0 aliphatic heterocycles. The van der Waals surface area contributed by atoms with Gasteiger partial charge in [0.25, 0.3) is 0 Å². The molecule has 0 aliphatic rings. The molecular weight excluding hydrogens is 384 g/mol. The van der Waals surface area contributed by atoms with Crippen LogP contribution in [-0.2, 0) is 19.2 Å². The zero-order valence-electron chi connectivity index (χ0n) is 17.5. The maximum absolute atomic E-state index is 12.6. The lowest BCUT2D eigenvalue weighted by atomic mass is 9.97. The van der Waals surface area contributed by atoms with Gasteiger partial charge in [-0.05, 0) is 18.8 Å². The Kier molecular flexibility index (Phi) is 11.4. The van der Waals surface area contributed by atoms with Crippen LogP contribution in [0, 0.1) is 11.8 Å². The summed E-state index contributed by atoms with van der Waals surface area (Å²) in [5.41, 5.74) is 5.73. The number of hydrogen-bond donors (Lipinski definition) is 7. The predicted molar refractivity (Wildman–Crippen MR) is 104 cm³/mol. The summed E-state index contributed by atoms with van der Waals surface area (Å²) in [6.45, 7) is 7.39. The smallest absolute Gasteiger partial charge is 0.328 e. The second-order valence-electron chi connectivity index (χ2n) is 7.45. The van der Waals surface area contributed by atoms with Crippen molar-refractivity contribution in [2.45, 2.75) is 71.3 Å². The summed E-state index contributed by atoms with van der Waals surface area (Å²) in [6, 6.07) is -4.91. The molecule has 0 saturated heterocycles.